The molecule has 8 heteroatoms. The van der Waals surface area contributed by atoms with Crippen molar-refractivity contribution in [1.82, 2.24) is 19.7 Å². The van der Waals surface area contributed by atoms with E-state index in [0.717, 1.165) is 49.7 Å². The highest BCUT2D eigenvalue weighted by molar-refractivity contribution is 6.01. The van der Waals surface area contributed by atoms with Crippen LogP contribution in [-0.4, -0.2) is 45.8 Å². The maximum absolute atomic E-state index is 13.5. The van der Waals surface area contributed by atoms with Crippen molar-refractivity contribution in [2.75, 3.05) is 25.5 Å². The highest BCUT2D eigenvalue weighted by Gasteiger charge is 2.39. The summed E-state index contributed by atoms with van der Waals surface area (Å²) in [5.41, 5.74) is 1.66. The van der Waals surface area contributed by atoms with Crippen LogP contribution in [-0.2, 0) is 19.5 Å². The molecular weight excluding hydrogens is 397 g/mol. The highest BCUT2D eigenvalue weighted by Crippen LogP contribution is 2.33. The van der Waals surface area contributed by atoms with Crippen molar-refractivity contribution in [3.63, 3.8) is 0 Å². The van der Waals surface area contributed by atoms with Gasteiger partial charge >= 0.3 is 0 Å². The van der Waals surface area contributed by atoms with E-state index in [4.69, 9.17) is 4.74 Å². The number of anilines is 1. The number of carbonyl (C=O) groups excluding carboxylic acids is 1. The van der Waals surface area contributed by atoms with Gasteiger partial charge in [-0.15, -0.1) is 10.2 Å². The fraction of sp³-hybridized carbons (Fsp3) is 0.348. The van der Waals surface area contributed by atoms with E-state index in [2.05, 4.69) is 20.4 Å². The van der Waals surface area contributed by atoms with Gasteiger partial charge < -0.3 is 14.6 Å². The van der Waals surface area contributed by atoms with E-state index in [1.807, 2.05) is 10.6 Å². The second-order valence-corrected chi connectivity index (χ2v) is 8.28. The van der Waals surface area contributed by atoms with E-state index in [1.54, 1.807) is 43.5 Å². The molecule has 0 saturated carbocycles. The molecule has 0 radical (unpaired) electrons. The number of likely N-dealkylation sites (tertiary alicyclic amines) is 1. The number of benzene rings is 2. The Morgan fingerprint density at radius 3 is 2.71 bits per heavy atom. The lowest BCUT2D eigenvalue weighted by molar-refractivity contribution is 0.100. The Balaban J connectivity index is 1.26. The normalized spacial score (nSPS) is 20.2. The average Bonchev–Trinajstić information content (AvgIpc) is 3.35. The fourth-order valence-electron chi connectivity index (χ4n) is 4.67. The van der Waals surface area contributed by atoms with Crippen LogP contribution in [0.5, 0.6) is 5.75 Å². The van der Waals surface area contributed by atoms with E-state index in [9.17, 15) is 9.18 Å². The minimum atomic E-state index is -0.267. The summed E-state index contributed by atoms with van der Waals surface area (Å²) in [7, 11) is 1.60. The molecule has 0 aliphatic carbocycles. The summed E-state index contributed by atoms with van der Waals surface area (Å²) in [5.74, 6) is 2.35. The zero-order valence-corrected chi connectivity index (χ0v) is 17.3. The van der Waals surface area contributed by atoms with E-state index in [0.29, 0.717) is 23.3 Å². The maximum atomic E-state index is 13.5. The van der Waals surface area contributed by atoms with Crippen molar-refractivity contribution < 1.29 is 13.9 Å². The van der Waals surface area contributed by atoms with Gasteiger partial charge in [-0.25, -0.2) is 4.39 Å². The smallest absolute Gasteiger partial charge is 0.293 e. The molecule has 1 N–H and O–H groups in total. The molecule has 3 heterocycles. The molecule has 1 fully saturated rings. The van der Waals surface area contributed by atoms with Gasteiger partial charge in [0.05, 0.1) is 7.11 Å². The molecule has 0 spiro atoms. The third-order valence-electron chi connectivity index (χ3n) is 6.19. The van der Waals surface area contributed by atoms with Crippen molar-refractivity contribution in [3.05, 3.63) is 71.6 Å². The number of nitrogens with zero attached hydrogens (tertiary/aromatic N) is 4. The predicted molar refractivity (Wildman–Crippen MR) is 113 cm³/mol. The van der Waals surface area contributed by atoms with Crippen LogP contribution in [0.15, 0.2) is 48.5 Å². The lowest BCUT2D eigenvalue weighted by Gasteiger charge is -2.25. The number of ether oxygens (including phenoxy) is 1. The zero-order valence-electron chi connectivity index (χ0n) is 17.3. The minimum Gasteiger partial charge on any atom is -0.497 e. The number of nitrogens with one attached hydrogen (secondary N) is 1. The van der Waals surface area contributed by atoms with Crippen molar-refractivity contribution >= 4 is 11.6 Å². The van der Waals surface area contributed by atoms with Crippen LogP contribution in [0.4, 0.5) is 10.1 Å². The highest BCUT2D eigenvalue weighted by atomic mass is 19.1. The van der Waals surface area contributed by atoms with Crippen molar-refractivity contribution in [2.45, 2.75) is 19.5 Å². The maximum Gasteiger partial charge on any atom is 0.293 e. The van der Waals surface area contributed by atoms with Crippen molar-refractivity contribution in [3.8, 4) is 5.75 Å². The fourth-order valence-corrected chi connectivity index (χ4v) is 4.67. The van der Waals surface area contributed by atoms with Gasteiger partial charge in [0.2, 0.25) is 5.82 Å². The largest absolute Gasteiger partial charge is 0.497 e. The van der Waals surface area contributed by atoms with E-state index >= 15 is 0 Å². The summed E-state index contributed by atoms with van der Waals surface area (Å²) in [5, 5.41) is 11.4. The number of rotatable bonds is 5. The van der Waals surface area contributed by atoms with E-state index < -0.39 is 0 Å². The number of amides is 1. The molecule has 2 atom stereocenters. The Bertz CT molecular complexity index is 1100. The van der Waals surface area contributed by atoms with Crippen LogP contribution in [0.3, 0.4) is 0 Å². The summed E-state index contributed by atoms with van der Waals surface area (Å²) >= 11 is 0. The standard InChI is InChI=1S/C23H24FN5O2/c1-31-20-7-5-19(6-8-20)25-23(30)22-27-26-21-10-16-12-28(13-17(16)14-29(21)22)11-15-3-2-4-18(24)9-15/h2-9,16-17H,10-14H2,1H3,(H,25,30)/t16-,17+/m1/s1. The Morgan fingerprint density at radius 2 is 1.94 bits per heavy atom. The quantitative estimate of drug-likeness (QED) is 0.686. The molecule has 0 bridgehead atoms. The molecule has 2 aromatic carbocycles. The molecule has 7 nitrogen and oxygen atoms in total. The van der Waals surface area contributed by atoms with Crippen LogP contribution in [0.1, 0.15) is 22.0 Å². The van der Waals surface area contributed by atoms with Crippen LogP contribution >= 0.6 is 0 Å². The van der Waals surface area contributed by atoms with E-state index in [1.165, 1.54) is 6.07 Å². The number of hydrogen-bond donors (Lipinski definition) is 1. The number of carbonyl (C=O) groups is 1. The third-order valence-corrected chi connectivity index (χ3v) is 6.19. The first-order valence-corrected chi connectivity index (χ1v) is 10.4. The van der Waals surface area contributed by atoms with Crippen LogP contribution in [0, 0.1) is 17.7 Å². The predicted octanol–water partition coefficient (Wildman–Crippen LogP) is 2.98. The molecule has 5 rings (SSSR count). The Labute approximate surface area is 179 Å². The second-order valence-electron chi connectivity index (χ2n) is 8.28. The summed E-state index contributed by atoms with van der Waals surface area (Å²) < 4.78 is 20.6. The lowest BCUT2D eigenvalue weighted by atomic mass is 9.89. The summed E-state index contributed by atoms with van der Waals surface area (Å²) in [6.07, 6.45) is 0.799. The van der Waals surface area contributed by atoms with Gasteiger partial charge in [0.25, 0.3) is 5.91 Å². The molecular formula is C23H24FN5O2. The first-order valence-electron chi connectivity index (χ1n) is 10.4. The van der Waals surface area contributed by atoms with Gasteiger partial charge in [-0.05, 0) is 53.8 Å². The number of hydrogen-bond acceptors (Lipinski definition) is 5. The summed E-state index contributed by atoms with van der Waals surface area (Å²) in [6.45, 7) is 3.31. The Morgan fingerprint density at radius 1 is 1.13 bits per heavy atom. The number of methoxy groups -OCH3 is 1. The first kappa shape index (κ1) is 19.7. The average molecular weight is 421 g/mol. The molecule has 1 amide bonds. The van der Waals surface area contributed by atoms with Gasteiger partial charge in [-0.2, -0.15) is 0 Å². The van der Waals surface area contributed by atoms with Crippen LogP contribution in [0.25, 0.3) is 0 Å². The van der Waals surface area contributed by atoms with Gasteiger partial charge in [-0.1, -0.05) is 12.1 Å². The molecule has 1 aromatic heterocycles. The number of fused-ring (bicyclic) bond motifs is 2. The molecule has 160 valence electrons. The van der Waals surface area contributed by atoms with Gasteiger partial charge in [0.15, 0.2) is 0 Å². The number of halogens is 1. The summed E-state index contributed by atoms with van der Waals surface area (Å²) in [6, 6.07) is 14.0. The zero-order chi connectivity index (χ0) is 21.4. The molecule has 2 aliphatic rings. The van der Waals surface area contributed by atoms with Gasteiger partial charge in [0.1, 0.15) is 17.4 Å². The van der Waals surface area contributed by atoms with Crippen LogP contribution in [0.2, 0.25) is 0 Å². The molecule has 3 aromatic rings. The lowest BCUT2D eigenvalue weighted by Crippen LogP contribution is -2.31. The van der Waals surface area contributed by atoms with Crippen molar-refractivity contribution in [2.24, 2.45) is 11.8 Å². The molecule has 1 saturated heterocycles. The number of aromatic nitrogens is 3. The third kappa shape index (κ3) is 4.03. The molecule has 2 aliphatic heterocycles. The monoisotopic (exact) mass is 421 g/mol. The second kappa shape index (κ2) is 8.11. The van der Waals surface area contributed by atoms with Crippen molar-refractivity contribution in [1.29, 1.82) is 0 Å². The Hall–Kier alpha value is -3.26. The SMILES string of the molecule is COc1ccc(NC(=O)c2nnc3n2C[C@@H]2CN(Cc4cccc(F)c4)C[C@H]2C3)cc1. The summed E-state index contributed by atoms with van der Waals surface area (Å²) in [4.78, 5) is 15.2. The van der Waals surface area contributed by atoms with Gasteiger partial charge in [0, 0.05) is 38.3 Å². The Kier molecular flexibility index (Phi) is 5.15. The first-order chi connectivity index (χ1) is 15.1. The van der Waals surface area contributed by atoms with Gasteiger partial charge in [-0.3, -0.25) is 9.69 Å². The minimum absolute atomic E-state index is 0.201. The van der Waals surface area contributed by atoms with Crippen LogP contribution < -0.4 is 10.1 Å². The van der Waals surface area contributed by atoms with E-state index in [-0.39, 0.29) is 11.7 Å². The molecule has 31 heavy (non-hydrogen) atoms. The topological polar surface area (TPSA) is 72.3 Å². The molecule has 0 unspecified atom stereocenters.